The molecule has 1 unspecified atom stereocenters. The molecule has 3 heterocycles. The van der Waals surface area contributed by atoms with E-state index in [0.717, 1.165) is 25.2 Å². The van der Waals surface area contributed by atoms with Crippen molar-refractivity contribution in [1.29, 1.82) is 0 Å². The summed E-state index contributed by atoms with van der Waals surface area (Å²) < 4.78 is 38.6. The number of carboxylic acids is 1. The van der Waals surface area contributed by atoms with Crippen LogP contribution in [0.25, 0.3) is 10.9 Å². The summed E-state index contributed by atoms with van der Waals surface area (Å²) in [6, 6.07) is 10.6. The number of alkyl halides is 3. The molecule has 0 spiro atoms. The van der Waals surface area contributed by atoms with Gasteiger partial charge >= 0.3 is 12.1 Å². The number of aromatic amines is 1. The maximum absolute atomic E-state index is 11.7. The van der Waals surface area contributed by atoms with Gasteiger partial charge in [0.2, 0.25) is 5.91 Å². The Balaban J connectivity index is 0.000000383. The molecule has 0 saturated carbocycles. The van der Waals surface area contributed by atoms with Gasteiger partial charge in [0.05, 0.1) is 11.7 Å². The van der Waals surface area contributed by atoms with Gasteiger partial charge in [-0.3, -0.25) is 14.4 Å². The molecule has 0 radical (unpaired) electrons. The minimum Gasteiger partial charge on any atom is -0.475 e. The molecular formula is C21H24F3N5O4. The van der Waals surface area contributed by atoms with Crippen molar-refractivity contribution in [2.75, 3.05) is 26.8 Å². The molecule has 1 aromatic carbocycles. The Morgan fingerprint density at radius 3 is 2.76 bits per heavy atom. The molecule has 12 heteroatoms. The van der Waals surface area contributed by atoms with Crippen molar-refractivity contribution in [3.05, 3.63) is 54.0 Å². The number of methoxy groups -OCH3 is 1. The van der Waals surface area contributed by atoms with Crippen LogP contribution in [0.3, 0.4) is 0 Å². The van der Waals surface area contributed by atoms with Gasteiger partial charge in [0.25, 0.3) is 0 Å². The van der Waals surface area contributed by atoms with Gasteiger partial charge in [0, 0.05) is 56.6 Å². The van der Waals surface area contributed by atoms with Crippen LogP contribution in [0.2, 0.25) is 0 Å². The molecule has 0 bridgehead atoms. The van der Waals surface area contributed by atoms with E-state index in [4.69, 9.17) is 14.6 Å². The van der Waals surface area contributed by atoms with E-state index in [1.54, 1.807) is 0 Å². The molecule has 1 atom stereocenters. The van der Waals surface area contributed by atoms with Crippen molar-refractivity contribution >= 4 is 22.8 Å². The van der Waals surface area contributed by atoms with Crippen LogP contribution in [-0.4, -0.2) is 69.6 Å². The van der Waals surface area contributed by atoms with E-state index < -0.39 is 12.1 Å². The summed E-state index contributed by atoms with van der Waals surface area (Å²) in [5.41, 5.74) is 3.63. The highest BCUT2D eigenvalue weighted by atomic mass is 19.4. The molecule has 178 valence electrons. The average molecular weight is 467 g/mol. The fourth-order valence-electron chi connectivity index (χ4n) is 3.68. The molecule has 3 N–H and O–H groups in total. The predicted molar refractivity (Wildman–Crippen MR) is 112 cm³/mol. The van der Waals surface area contributed by atoms with Crippen LogP contribution >= 0.6 is 0 Å². The van der Waals surface area contributed by atoms with Crippen LogP contribution in [0.5, 0.6) is 0 Å². The first-order valence-electron chi connectivity index (χ1n) is 10.0. The number of ether oxygens (including phenoxy) is 1. The highest BCUT2D eigenvalue weighted by molar-refractivity contribution is 5.82. The van der Waals surface area contributed by atoms with Gasteiger partial charge in [-0.25, -0.2) is 4.79 Å². The molecule has 9 nitrogen and oxygen atoms in total. The van der Waals surface area contributed by atoms with Gasteiger partial charge in [0.15, 0.2) is 0 Å². The number of amides is 1. The summed E-state index contributed by atoms with van der Waals surface area (Å²) in [5.74, 6) is -2.86. The first-order chi connectivity index (χ1) is 15.7. The highest BCUT2D eigenvalue weighted by Crippen LogP contribution is 2.24. The van der Waals surface area contributed by atoms with E-state index in [1.165, 1.54) is 23.8 Å². The van der Waals surface area contributed by atoms with Gasteiger partial charge in [-0.1, -0.05) is 12.1 Å². The Morgan fingerprint density at radius 2 is 2.06 bits per heavy atom. The lowest BCUT2D eigenvalue weighted by Gasteiger charge is -2.34. The Hall–Kier alpha value is -3.38. The van der Waals surface area contributed by atoms with Crippen molar-refractivity contribution in [3.63, 3.8) is 0 Å². The maximum Gasteiger partial charge on any atom is 0.490 e. The summed E-state index contributed by atoms with van der Waals surface area (Å²) in [6.07, 6.45) is -1.27. The minimum absolute atomic E-state index is 0.0812. The van der Waals surface area contributed by atoms with Crippen molar-refractivity contribution in [1.82, 2.24) is 25.0 Å². The Kier molecular flexibility index (Phi) is 7.71. The number of hydrogen-bond acceptors (Lipinski definition) is 5. The first-order valence-corrected chi connectivity index (χ1v) is 10.0. The molecule has 1 aliphatic rings. The number of rotatable bonds is 6. The van der Waals surface area contributed by atoms with E-state index in [1.807, 2.05) is 23.1 Å². The number of carbonyl (C=O) groups is 2. The van der Waals surface area contributed by atoms with Crippen molar-refractivity contribution in [2.45, 2.75) is 25.3 Å². The highest BCUT2D eigenvalue weighted by Gasteiger charge is 2.38. The predicted octanol–water partition coefficient (Wildman–Crippen LogP) is 2.32. The third-order valence-corrected chi connectivity index (χ3v) is 5.08. The summed E-state index contributed by atoms with van der Waals surface area (Å²) in [7, 11) is 1.52. The third-order valence-electron chi connectivity index (χ3n) is 5.08. The topological polar surface area (TPSA) is 112 Å². The summed E-state index contributed by atoms with van der Waals surface area (Å²) in [4.78, 5) is 26.3. The van der Waals surface area contributed by atoms with E-state index in [9.17, 15) is 18.0 Å². The summed E-state index contributed by atoms with van der Waals surface area (Å²) in [5, 5.41) is 15.8. The quantitative estimate of drug-likeness (QED) is 0.513. The molecule has 1 aliphatic heterocycles. The minimum atomic E-state index is -5.08. The molecular weight excluding hydrogens is 443 g/mol. The summed E-state index contributed by atoms with van der Waals surface area (Å²) in [6.45, 7) is 3.18. The van der Waals surface area contributed by atoms with Gasteiger partial charge in [0.1, 0.15) is 6.61 Å². The Bertz CT molecular complexity index is 1090. The van der Waals surface area contributed by atoms with Crippen LogP contribution < -0.4 is 5.32 Å². The number of benzene rings is 1. The van der Waals surface area contributed by atoms with Gasteiger partial charge in [-0.2, -0.15) is 18.3 Å². The van der Waals surface area contributed by atoms with E-state index >= 15 is 0 Å². The Labute approximate surface area is 187 Å². The Morgan fingerprint density at radius 1 is 1.30 bits per heavy atom. The lowest BCUT2D eigenvalue weighted by atomic mass is 10.1. The fourth-order valence-corrected chi connectivity index (χ4v) is 3.68. The number of aliphatic carboxylic acids is 1. The number of carboxylic acid groups (broad SMARTS) is 1. The van der Waals surface area contributed by atoms with Crippen LogP contribution in [0.4, 0.5) is 13.2 Å². The molecule has 2 aromatic heterocycles. The fraction of sp³-hybridized carbons (Fsp3) is 0.381. The molecule has 0 fully saturated rings. The number of halogens is 3. The van der Waals surface area contributed by atoms with Crippen LogP contribution in [0.1, 0.15) is 17.3 Å². The van der Waals surface area contributed by atoms with Crippen LogP contribution in [-0.2, 0) is 27.4 Å². The van der Waals surface area contributed by atoms with E-state index in [2.05, 4.69) is 44.6 Å². The molecule has 33 heavy (non-hydrogen) atoms. The number of carbonyl (C=O) groups excluding carboxylic acids is 1. The largest absolute Gasteiger partial charge is 0.490 e. The number of hydrogen-bond donors (Lipinski definition) is 3. The smallest absolute Gasteiger partial charge is 0.475 e. The number of H-pyrrole nitrogens is 1. The standard InChI is InChI=1S/C19H23N5O2.C2HF3O2/c1-26-13-19(25)21-9-16-12-23(11-15-5-8-22-24(15)16)10-14-3-2-4-18-17(14)6-7-20-18;3-2(4,5)1(6)7/h2-8,16,20H,9-13H2,1H3,(H,21,25);(H,6,7). The van der Waals surface area contributed by atoms with Crippen molar-refractivity contribution in [2.24, 2.45) is 0 Å². The second-order valence-electron chi connectivity index (χ2n) is 7.49. The number of fused-ring (bicyclic) bond motifs is 2. The number of aromatic nitrogens is 3. The van der Waals surface area contributed by atoms with Crippen molar-refractivity contribution < 1.29 is 32.6 Å². The molecule has 0 aliphatic carbocycles. The van der Waals surface area contributed by atoms with E-state index in [0.29, 0.717) is 6.54 Å². The first kappa shape index (κ1) is 24.3. The maximum atomic E-state index is 11.7. The van der Waals surface area contributed by atoms with Crippen LogP contribution in [0.15, 0.2) is 42.7 Å². The van der Waals surface area contributed by atoms with Gasteiger partial charge in [-0.05, 0) is 23.8 Å². The zero-order chi connectivity index (χ0) is 24.0. The van der Waals surface area contributed by atoms with Crippen LogP contribution in [0, 0.1) is 0 Å². The zero-order valence-corrected chi connectivity index (χ0v) is 17.8. The number of nitrogens with zero attached hydrogens (tertiary/aromatic N) is 3. The molecule has 0 saturated heterocycles. The molecule has 1 amide bonds. The van der Waals surface area contributed by atoms with Gasteiger partial charge in [-0.15, -0.1) is 0 Å². The monoisotopic (exact) mass is 467 g/mol. The molecule has 4 rings (SSSR count). The molecule has 3 aromatic rings. The number of nitrogens with one attached hydrogen (secondary N) is 2. The summed E-state index contributed by atoms with van der Waals surface area (Å²) >= 11 is 0. The average Bonchev–Trinajstić information content (AvgIpc) is 3.42. The lowest BCUT2D eigenvalue weighted by Crippen LogP contribution is -2.43. The third kappa shape index (κ3) is 6.33. The van der Waals surface area contributed by atoms with E-state index in [-0.39, 0.29) is 18.6 Å². The van der Waals surface area contributed by atoms with Crippen molar-refractivity contribution in [3.8, 4) is 0 Å². The SMILES string of the molecule is COCC(=O)NCC1CN(Cc2cccc3[nH]ccc23)Cc2ccnn21.O=C(O)C(F)(F)F. The lowest BCUT2D eigenvalue weighted by molar-refractivity contribution is -0.192. The second kappa shape index (κ2) is 10.5. The normalized spacial score (nSPS) is 16.1. The van der Waals surface area contributed by atoms with Gasteiger partial charge < -0.3 is 20.1 Å². The zero-order valence-electron chi connectivity index (χ0n) is 17.8. The second-order valence-corrected chi connectivity index (χ2v) is 7.49.